The minimum absolute atomic E-state index is 0.00201. The second-order valence-electron chi connectivity index (χ2n) is 6.46. The molecular weight excluding hydrogens is 398 g/mol. The summed E-state index contributed by atoms with van der Waals surface area (Å²) in [5.74, 6) is -1.10. The zero-order chi connectivity index (χ0) is 20.4. The van der Waals surface area contributed by atoms with Gasteiger partial charge in [0.1, 0.15) is 17.2 Å². The lowest BCUT2D eigenvalue weighted by Crippen LogP contribution is -2.41. The van der Waals surface area contributed by atoms with Crippen molar-refractivity contribution >= 4 is 28.6 Å². The van der Waals surface area contributed by atoms with Crippen molar-refractivity contribution in [2.75, 3.05) is 18.6 Å². The molecule has 0 bridgehead atoms. The zero-order valence-electron chi connectivity index (χ0n) is 15.5. The van der Waals surface area contributed by atoms with Gasteiger partial charge in [-0.2, -0.15) is 5.53 Å². The monoisotopic (exact) mass is 416 g/mol. The predicted octanol–water partition coefficient (Wildman–Crippen LogP) is 2.79. The molecular formula is C19H18F2N6OS. The normalized spacial score (nSPS) is 12.2. The highest BCUT2D eigenvalue weighted by Crippen LogP contribution is 2.47. The highest BCUT2D eigenvalue weighted by Gasteiger charge is 2.33. The average molecular weight is 416 g/mol. The summed E-state index contributed by atoms with van der Waals surface area (Å²) in [5.41, 5.74) is 4.92. The van der Waals surface area contributed by atoms with Crippen LogP contribution in [0.4, 0.5) is 20.2 Å². The Hall–Kier alpha value is -2.95. The fourth-order valence-corrected chi connectivity index (χ4v) is 3.55. The summed E-state index contributed by atoms with van der Waals surface area (Å²) in [6.45, 7) is 0.609. The molecule has 0 saturated heterocycles. The van der Waals surface area contributed by atoms with Gasteiger partial charge in [-0.3, -0.25) is 14.8 Å². The molecule has 0 unspecified atom stereocenters. The largest absolute Gasteiger partial charge is 0.345 e. The van der Waals surface area contributed by atoms with Crippen LogP contribution in [0, 0.1) is 11.6 Å². The fraction of sp³-hybridized carbons (Fsp3) is 0.211. The Bertz CT molecular complexity index is 1040. The van der Waals surface area contributed by atoms with Crippen molar-refractivity contribution in [2.45, 2.75) is 13.0 Å². The number of nitrogens with zero attached hydrogens (tertiary/aromatic N) is 4. The van der Waals surface area contributed by atoms with E-state index in [1.165, 1.54) is 35.7 Å². The Morgan fingerprint density at radius 1 is 1.24 bits per heavy atom. The SMILES string of the molecule is CN(CCc1nc(C(=O)NCc2ncccc2F)cs1)NN1c2cccc(F)c21. The second kappa shape index (κ2) is 8.19. The number of hydrazine groups is 2. The zero-order valence-corrected chi connectivity index (χ0v) is 16.3. The van der Waals surface area contributed by atoms with Gasteiger partial charge in [0.15, 0.2) is 5.82 Å². The number of benzene rings is 1. The number of fused-ring (bicyclic) bond motifs is 1. The van der Waals surface area contributed by atoms with Crippen LogP contribution in [0.5, 0.6) is 0 Å². The molecule has 29 heavy (non-hydrogen) atoms. The predicted molar refractivity (Wildman–Crippen MR) is 105 cm³/mol. The maximum Gasteiger partial charge on any atom is 0.271 e. The Morgan fingerprint density at radius 3 is 2.86 bits per heavy atom. The van der Waals surface area contributed by atoms with Gasteiger partial charge in [-0.25, -0.2) is 18.8 Å². The Labute approximate surface area is 169 Å². The summed E-state index contributed by atoms with van der Waals surface area (Å²) in [4.78, 5) is 20.4. The number of halogens is 2. The summed E-state index contributed by atoms with van der Waals surface area (Å²) in [6.07, 6.45) is 2.09. The number of aromatic nitrogens is 2. The van der Waals surface area contributed by atoms with Crippen molar-refractivity contribution < 1.29 is 13.6 Å². The van der Waals surface area contributed by atoms with Crippen LogP contribution in [0.25, 0.3) is 0 Å². The first kappa shape index (κ1) is 19.4. The van der Waals surface area contributed by atoms with Crippen molar-refractivity contribution in [3.05, 3.63) is 69.9 Å². The van der Waals surface area contributed by atoms with Crippen LogP contribution in [0.15, 0.2) is 41.9 Å². The Balaban J connectivity index is 1.24. The van der Waals surface area contributed by atoms with Gasteiger partial charge in [-0.05, 0) is 24.3 Å². The Morgan fingerprint density at radius 2 is 2.07 bits per heavy atom. The summed E-state index contributed by atoms with van der Waals surface area (Å²) in [6, 6.07) is 7.71. The van der Waals surface area contributed by atoms with E-state index in [-0.39, 0.29) is 29.7 Å². The maximum atomic E-state index is 13.6. The number of rotatable bonds is 8. The smallest absolute Gasteiger partial charge is 0.271 e. The molecule has 0 fully saturated rings. The van der Waals surface area contributed by atoms with Crippen molar-refractivity contribution in [1.29, 1.82) is 0 Å². The van der Waals surface area contributed by atoms with Crippen molar-refractivity contribution in [3.8, 4) is 0 Å². The maximum absolute atomic E-state index is 13.6. The van der Waals surface area contributed by atoms with Gasteiger partial charge in [-0.15, -0.1) is 11.3 Å². The molecule has 3 aromatic rings. The molecule has 0 radical (unpaired) electrons. The average Bonchev–Trinajstić information content (AvgIpc) is 3.20. The van der Waals surface area contributed by atoms with E-state index in [0.29, 0.717) is 18.7 Å². The van der Waals surface area contributed by atoms with Crippen molar-refractivity contribution in [1.82, 2.24) is 25.8 Å². The summed E-state index contributed by atoms with van der Waals surface area (Å²) in [7, 11) is 1.85. The fourth-order valence-electron chi connectivity index (χ4n) is 2.78. The standard InChI is InChI=1S/C19H18F2N6OS/c1-26(25-27-16-6-2-4-13(21)18(16)27)9-7-17-24-15(11-29-17)19(28)23-10-14-12(20)5-3-8-22-14/h2-6,8,11,25H,7,9-10H2,1H3,(H,23,28). The molecule has 0 atom stereocenters. The van der Waals surface area contributed by atoms with Crippen LogP contribution < -0.4 is 15.9 Å². The van der Waals surface area contributed by atoms with Crippen LogP contribution in [-0.2, 0) is 13.0 Å². The van der Waals surface area contributed by atoms with Crippen LogP contribution in [0.3, 0.4) is 0 Å². The highest BCUT2D eigenvalue weighted by atomic mass is 32.1. The lowest BCUT2D eigenvalue weighted by Gasteiger charge is -2.18. The topological polar surface area (TPSA) is 73.2 Å². The summed E-state index contributed by atoms with van der Waals surface area (Å²) in [5, 5.41) is 8.58. The van der Waals surface area contributed by atoms with Crippen molar-refractivity contribution in [2.24, 2.45) is 0 Å². The molecule has 7 nitrogen and oxygen atoms in total. The lowest BCUT2D eigenvalue weighted by molar-refractivity contribution is 0.0945. The molecule has 0 saturated carbocycles. The number of anilines is 2. The minimum atomic E-state index is -0.462. The molecule has 1 amide bonds. The van der Waals surface area contributed by atoms with Crippen LogP contribution >= 0.6 is 11.3 Å². The van der Waals surface area contributed by atoms with E-state index in [4.69, 9.17) is 0 Å². The number of carbonyl (C=O) groups is 1. The molecule has 3 heterocycles. The molecule has 2 aromatic heterocycles. The quantitative estimate of drug-likeness (QED) is 0.435. The highest BCUT2D eigenvalue weighted by molar-refractivity contribution is 7.09. The number of pyridine rings is 1. The molecule has 1 aliphatic heterocycles. The number of hydrogen-bond donors (Lipinski definition) is 2. The first-order chi connectivity index (χ1) is 14.0. The van der Waals surface area contributed by atoms with Gasteiger partial charge in [0.2, 0.25) is 0 Å². The van der Waals surface area contributed by atoms with E-state index in [0.717, 1.165) is 10.7 Å². The van der Waals surface area contributed by atoms with E-state index in [9.17, 15) is 13.6 Å². The number of carbonyl (C=O) groups excluding carboxylic acids is 1. The number of nitrogens with one attached hydrogen (secondary N) is 2. The van der Waals surface area contributed by atoms with E-state index in [1.807, 2.05) is 18.1 Å². The number of amides is 1. The molecule has 0 spiro atoms. The van der Waals surface area contributed by atoms with E-state index in [1.54, 1.807) is 16.5 Å². The Kier molecular flexibility index (Phi) is 5.47. The molecule has 2 N–H and O–H groups in total. The molecule has 4 rings (SSSR count). The van der Waals surface area contributed by atoms with Gasteiger partial charge >= 0.3 is 0 Å². The van der Waals surface area contributed by atoms with Gasteiger partial charge in [0, 0.05) is 31.6 Å². The van der Waals surface area contributed by atoms with Crippen LogP contribution in [0.1, 0.15) is 21.2 Å². The molecule has 150 valence electrons. The molecule has 10 heteroatoms. The summed E-state index contributed by atoms with van der Waals surface area (Å²) >= 11 is 1.38. The van der Waals surface area contributed by atoms with Gasteiger partial charge < -0.3 is 5.32 Å². The first-order valence-corrected chi connectivity index (χ1v) is 9.79. The van der Waals surface area contributed by atoms with Crippen LogP contribution in [-0.4, -0.2) is 34.5 Å². The number of hydrogen-bond acceptors (Lipinski definition) is 7. The van der Waals surface area contributed by atoms with E-state index >= 15 is 0 Å². The van der Waals surface area contributed by atoms with Gasteiger partial charge in [0.25, 0.3) is 5.91 Å². The van der Waals surface area contributed by atoms with Gasteiger partial charge in [-0.1, -0.05) is 6.07 Å². The third-order valence-electron chi connectivity index (χ3n) is 4.35. The molecule has 1 aromatic carbocycles. The van der Waals surface area contributed by atoms with Crippen molar-refractivity contribution in [3.63, 3.8) is 0 Å². The third kappa shape index (κ3) is 4.39. The number of para-hydroxylation sites is 1. The summed E-state index contributed by atoms with van der Waals surface area (Å²) < 4.78 is 27.2. The first-order valence-electron chi connectivity index (χ1n) is 8.91. The molecule has 0 aliphatic carbocycles. The number of thiazole rings is 1. The lowest BCUT2D eigenvalue weighted by atomic mass is 10.3. The van der Waals surface area contributed by atoms with E-state index < -0.39 is 5.82 Å². The molecule has 1 aliphatic rings. The van der Waals surface area contributed by atoms with Gasteiger partial charge in [0.05, 0.1) is 22.9 Å². The third-order valence-corrected chi connectivity index (χ3v) is 5.26. The minimum Gasteiger partial charge on any atom is -0.345 e. The van der Waals surface area contributed by atoms with E-state index in [2.05, 4.69) is 20.8 Å². The second-order valence-corrected chi connectivity index (χ2v) is 7.40. The number of likely N-dealkylation sites (N-methyl/N-ethyl adjacent to an activating group) is 1. The van der Waals surface area contributed by atoms with Crippen LogP contribution in [0.2, 0.25) is 0 Å².